The van der Waals surface area contributed by atoms with Gasteiger partial charge in [-0.1, -0.05) is 25.4 Å². The minimum absolute atomic E-state index is 0.334. The third-order valence-electron chi connectivity index (χ3n) is 2.02. The molecule has 0 radical (unpaired) electrons. The van der Waals surface area contributed by atoms with Gasteiger partial charge in [0.1, 0.15) is 5.75 Å². The van der Waals surface area contributed by atoms with Crippen molar-refractivity contribution in [1.82, 2.24) is 0 Å². The third kappa shape index (κ3) is 4.27. The van der Waals surface area contributed by atoms with Crippen molar-refractivity contribution in [2.75, 3.05) is 13.2 Å². The Kier molecular flexibility index (Phi) is 5.29. The van der Waals surface area contributed by atoms with Gasteiger partial charge in [0.15, 0.2) is 0 Å². The molecule has 1 rings (SSSR count). The molecule has 1 aromatic carbocycles. The predicted octanol–water partition coefficient (Wildman–Crippen LogP) is 3.55. The van der Waals surface area contributed by atoms with Crippen LogP contribution in [0.3, 0.4) is 0 Å². The molecule has 0 aliphatic carbocycles. The lowest BCUT2D eigenvalue weighted by atomic mass is 10.2. The Bertz CT molecular complexity index is 388. The molecule has 0 aliphatic heterocycles. The van der Waals surface area contributed by atoms with Crippen LogP contribution in [0.25, 0.3) is 0 Å². The minimum atomic E-state index is -0.409. The normalized spacial score (nSPS) is 10.4. The van der Waals surface area contributed by atoms with Gasteiger partial charge in [0.2, 0.25) is 0 Å². The molecule has 0 saturated heterocycles. The highest BCUT2D eigenvalue weighted by atomic mass is 35.5. The van der Waals surface area contributed by atoms with Gasteiger partial charge in [0.25, 0.3) is 0 Å². The summed E-state index contributed by atoms with van der Waals surface area (Å²) in [6, 6.07) is 4.98. The number of hydrogen-bond acceptors (Lipinski definition) is 3. The van der Waals surface area contributed by atoms with Crippen molar-refractivity contribution in [2.45, 2.75) is 20.8 Å². The maximum Gasteiger partial charge on any atom is 0.339 e. The average Bonchev–Trinajstić information content (AvgIpc) is 2.26. The van der Waals surface area contributed by atoms with Crippen molar-refractivity contribution in [3.63, 3.8) is 0 Å². The lowest BCUT2D eigenvalue weighted by molar-refractivity contribution is 0.0526. The number of esters is 1. The highest BCUT2D eigenvalue weighted by Crippen LogP contribution is 2.23. The summed E-state index contributed by atoms with van der Waals surface area (Å²) in [7, 11) is 0. The Morgan fingerprint density at radius 1 is 1.41 bits per heavy atom. The number of rotatable bonds is 5. The van der Waals surface area contributed by atoms with Gasteiger partial charge < -0.3 is 9.47 Å². The van der Waals surface area contributed by atoms with Crippen LogP contribution in [0.4, 0.5) is 0 Å². The van der Waals surface area contributed by atoms with Crippen molar-refractivity contribution in [1.29, 1.82) is 0 Å². The zero-order chi connectivity index (χ0) is 12.8. The Hall–Kier alpha value is -1.22. The van der Waals surface area contributed by atoms with Crippen LogP contribution in [0.5, 0.6) is 5.75 Å². The summed E-state index contributed by atoms with van der Waals surface area (Å²) in [6.07, 6.45) is 0. The van der Waals surface area contributed by atoms with Crippen LogP contribution in [-0.4, -0.2) is 19.2 Å². The quantitative estimate of drug-likeness (QED) is 0.756. The molecule has 4 heteroatoms. The first-order chi connectivity index (χ1) is 8.04. The van der Waals surface area contributed by atoms with E-state index >= 15 is 0 Å². The zero-order valence-corrected chi connectivity index (χ0v) is 11.1. The second-order valence-corrected chi connectivity index (χ2v) is 4.47. The van der Waals surface area contributed by atoms with Crippen molar-refractivity contribution < 1.29 is 14.3 Å². The van der Waals surface area contributed by atoms with Gasteiger partial charge in [-0.3, -0.25) is 0 Å². The third-order valence-corrected chi connectivity index (χ3v) is 2.33. The Morgan fingerprint density at radius 2 is 2.12 bits per heavy atom. The maximum atomic E-state index is 11.5. The average molecular weight is 257 g/mol. The summed E-state index contributed by atoms with van der Waals surface area (Å²) >= 11 is 5.99. The molecule has 17 heavy (non-hydrogen) atoms. The van der Waals surface area contributed by atoms with Crippen LogP contribution in [0, 0.1) is 5.92 Å². The number of hydrogen-bond donors (Lipinski definition) is 0. The lowest BCUT2D eigenvalue weighted by Crippen LogP contribution is -2.07. The fraction of sp³-hybridized carbons (Fsp3) is 0.462. The zero-order valence-electron chi connectivity index (χ0n) is 10.3. The molecule has 0 fully saturated rings. The monoisotopic (exact) mass is 256 g/mol. The molecule has 3 nitrogen and oxygen atoms in total. The molecule has 0 bridgehead atoms. The van der Waals surface area contributed by atoms with E-state index in [-0.39, 0.29) is 0 Å². The first-order valence-electron chi connectivity index (χ1n) is 5.64. The van der Waals surface area contributed by atoms with Crippen molar-refractivity contribution in [3.8, 4) is 5.75 Å². The fourth-order valence-electron chi connectivity index (χ4n) is 1.22. The van der Waals surface area contributed by atoms with Crippen LogP contribution in [-0.2, 0) is 4.74 Å². The molecular weight excluding hydrogens is 240 g/mol. The fourth-order valence-corrected chi connectivity index (χ4v) is 1.47. The first kappa shape index (κ1) is 13.8. The summed E-state index contributed by atoms with van der Waals surface area (Å²) in [4.78, 5) is 11.5. The first-order valence-corrected chi connectivity index (χ1v) is 6.01. The molecule has 0 saturated carbocycles. The number of carbonyl (C=O) groups excluding carboxylic acids is 1. The van der Waals surface area contributed by atoms with E-state index in [0.717, 1.165) is 0 Å². The highest BCUT2D eigenvalue weighted by molar-refractivity contribution is 6.33. The molecule has 0 unspecified atom stereocenters. The number of carbonyl (C=O) groups is 1. The molecule has 94 valence electrons. The van der Waals surface area contributed by atoms with Crippen LogP contribution in [0.15, 0.2) is 18.2 Å². The smallest absolute Gasteiger partial charge is 0.339 e. The van der Waals surface area contributed by atoms with E-state index in [1.807, 2.05) is 0 Å². The molecule has 0 amide bonds. The van der Waals surface area contributed by atoms with E-state index in [0.29, 0.717) is 35.5 Å². The molecule has 0 aliphatic rings. The summed E-state index contributed by atoms with van der Waals surface area (Å²) < 4.78 is 10.4. The van der Waals surface area contributed by atoms with Crippen molar-refractivity contribution in [2.24, 2.45) is 5.92 Å². The van der Waals surface area contributed by atoms with Crippen LogP contribution >= 0.6 is 11.6 Å². The Labute approximate surface area is 107 Å². The van der Waals surface area contributed by atoms with Gasteiger partial charge in [-0.15, -0.1) is 0 Å². The summed E-state index contributed by atoms with van der Waals surface area (Å²) in [6.45, 7) is 6.84. The van der Waals surface area contributed by atoms with Gasteiger partial charge in [-0.2, -0.15) is 0 Å². The summed E-state index contributed by atoms with van der Waals surface area (Å²) in [5.41, 5.74) is 0.366. The second kappa shape index (κ2) is 6.50. The van der Waals surface area contributed by atoms with Gasteiger partial charge in [0, 0.05) is 0 Å². The molecule has 0 spiro atoms. The van der Waals surface area contributed by atoms with Crippen molar-refractivity contribution >= 4 is 17.6 Å². The SMILES string of the molecule is CCOC(=O)c1ccc(OCC(C)C)cc1Cl. The topological polar surface area (TPSA) is 35.5 Å². The molecule has 1 aromatic rings. The van der Waals surface area contributed by atoms with E-state index in [1.165, 1.54) is 0 Å². The van der Waals surface area contributed by atoms with E-state index in [2.05, 4.69) is 13.8 Å². The summed E-state index contributed by atoms with van der Waals surface area (Å²) in [5.74, 6) is 0.697. The van der Waals surface area contributed by atoms with E-state index in [4.69, 9.17) is 21.1 Å². The maximum absolute atomic E-state index is 11.5. The van der Waals surface area contributed by atoms with Gasteiger partial charge in [0.05, 0.1) is 23.8 Å². The van der Waals surface area contributed by atoms with Gasteiger partial charge >= 0.3 is 5.97 Å². The number of halogens is 1. The number of benzene rings is 1. The second-order valence-electron chi connectivity index (χ2n) is 4.07. The molecular formula is C13H17ClO3. The van der Waals surface area contributed by atoms with Gasteiger partial charge in [-0.05, 0) is 31.0 Å². The van der Waals surface area contributed by atoms with E-state index in [1.54, 1.807) is 25.1 Å². The highest BCUT2D eigenvalue weighted by Gasteiger charge is 2.12. The molecule has 0 atom stereocenters. The predicted molar refractivity (Wildman–Crippen MR) is 67.7 cm³/mol. The van der Waals surface area contributed by atoms with E-state index < -0.39 is 5.97 Å². The lowest BCUT2D eigenvalue weighted by Gasteiger charge is -2.10. The molecule has 0 aromatic heterocycles. The van der Waals surface area contributed by atoms with E-state index in [9.17, 15) is 4.79 Å². The number of ether oxygens (including phenoxy) is 2. The molecule has 0 heterocycles. The molecule has 0 N–H and O–H groups in total. The largest absolute Gasteiger partial charge is 0.493 e. The van der Waals surface area contributed by atoms with Crippen LogP contribution in [0.2, 0.25) is 5.02 Å². The summed E-state index contributed by atoms with van der Waals surface area (Å²) in [5, 5.41) is 0.352. The Morgan fingerprint density at radius 3 is 2.65 bits per heavy atom. The Balaban J connectivity index is 2.75. The van der Waals surface area contributed by atoms with Gasteiger partial charge in [-0.25, -0.2) is 4.79 Å². The standard InChI is InChI=1S/C13H17ClO3/c1-4-16-13(15)11-6-5-10(7-12(11)14)17-8-9(2)3/h5-7,9H,4,8H2,1-3H3. The van der Waals surface area contributed by atoms with Crippen molar-refractivity contribution in [3.05, 3.63) is 28.8 Å². The van der Waals surface area contributed by atoms with Crippen LogP contribution in [0.1, 0.15) is 31.1 Å². The van der Waals surface area contributed by atoms with Crippen LogP contribution < -0.4 is 4.74 Å². The minimum Gasteiger partial charge on any atom is -0.493 e.